The number of sulfone groups is 1. The van der Waals surface area contributed by atoms with Gasteiger partial charge >= 0.3 is 0 Å². The first kappa shape index (κ1) is 12.9. The van der Waals surface area contributed by atoms with Crippen molar-refractivity contribution in [3.8, 4) is 0 Å². The van der Waals surface area contributed by atoms with Gasteiger partial charge in [-0.05, 0) is 26.7 Å². The summed E-state index contributed by atoms with van der Waals surface area (Å²) >= 11 is 0. The molecule has 0 radical (unpaired) electrons. The fourth-order valence-corrected chi connectivity index (χ4v) is 3.26. The van der Waals surface area contributed by atoms with Crippen molar-refractivity contribution >= 4 is 9.84 Å². The Bertz CT molecular complexity index is 275. The summed E-state index contributed by atoms with van der Waals surface area (Å²) in [5.74, 6) is 0.636. The molecule has 1 fully saturated rings. The summed E-state index contributed by atoms with van der Waals surface area (Å²) in [6.45, 7) is 4.08. The second-order valence-electron chi connectivity index (χ2n) is 4.32. The molecule has 1 aliphatic rings. The van der Waals surface area contributed by atoms with E-state index >= 15 is 0 Å². The van der Waals surface area contributed by atoms with E-state index in [1.54, 1.807) is 7.11 Å². The van der Waals surface area contributed by atoms with Crippen LogP contribution < -0.4 is 5.32 Å². The molecule has 5 heteroatoms. The number of nitrogens with one attached hydrogen (secondary N) is 1. The van der Waals surface area contributed by atoms with E-state index in [1.807, 2.05) is 6.92 Å². The van der Waals surface area contributed by atoms with Crippen molar-refractivity contribution in [2.45, 2.75) is 44.9 Å². The van der Waals surface area contributed by atoms with Crippen LogP contribution in [-0.4, -0.2) is 45.2 Å². The maximum Gasteiger partial charge on any atom is 0.150 e. The molecule has 0 saturated carbocycles. The molecule has 0 aromatic heterocycles. The Morgan fingerprint density at radius 1 is 1.27 bits per heavy atom. The summed E-state index contributed by atoms with van der Waals surface area (Å²) in [7, 11) is -1.06. The van der Waals surface area contributed by atoms with Crippen molar-refractivity contribution in [3.63, 3.8) is 0 Å². The topological polar surface area (TPSA) is 55.4 Å². The first-order chi connectivity index (χ1) is 6.94. The van der Waals surface area contributed by atoms with Gasteiger partial charge in [0.05, 0.1) is 17.6 Å². The molecule has 1 aliphatic heterocycles. The second-order valence-corrected chi connectivity index (χ2v) is 6.63. The Morgan fingerprint density at radius 3 is 2.27 bits per heavy atom. The number of ether oxygens (including phenoxy) is 1. The van der Waals surface area contributed by atoms with Crippen molar-refractivity contribution in [3.05, 3.63) is 0 Å². The number of rotatable bonds is 4. The quantitative estimate of drug-likeness (QED) is 0.774. The lowest BCUT2D eigenvalue weighted by molar-refractivity contribution is 0.0838. The largest absolute Gasteiger partial charge is 0.380 e. The van der Waals surface area contributed by atoms with E-state index in [0.29, 0.717) is 17.5 Å². The zero-order chi connectivity index (χ0) is 11.5. The van der Waals surface area contributed by atoms with Gasteiger partial charge in [0.15, 0.2) is 0 Å². The summed E-state index contributed by atoms with van der Waals surface area (Å²) in [6.07, 6.45) is 1.61. The summed E-state index contributed by atoms with van der Waals surface area (Å²) in [5.41, 5.74) is 0. The van der Waals surface area contributed by atoms with Crippen LogP contribution in [0, 0.1) is 0 Å². The van der Waals surface area contributed by atoms with Gasteiger partial charge < -0.3 is 10.1 Å². The van der Waals surface area contributed by atoms with E-state index < -0.39 is 9.84 Å². The lowest BCUT2D eigenvalue weighted by atomic mass is 10.1. The van der Waals surface area contributed by atoms with Gasteiger partial charge in [0.2, 0.25) is 0 Å². The maximum absolute atomic E-state index is 11.2. The van der Waals surface area contributed by atoms with Gasteiger partial charge in [0.25, 0.3) is 0 Å². The predicted octanol–water partition coefficient (Wildman–Crippen LogP) is 0.577. The fraction of sp³-hybridized carbons (Fsp3) is 1.00. The average Bonchev–Trinajstić information content (AvgIpc) is 2.20. The molecular formula is C10H21NO3S. The molecule has 4 nitrogen and oxygen atoms in total. The fourth-order valence-electron chi connectivity index (χ4n) is 1.77. The highest BCUT2D eigenvalue weighted by Crippen LogP contribution is 2.13. The SMILES string of the molecule is COC(C)C(C)NC1CCS(=O)(=O)CC1. The third-order valence-corrected chi connectivity index (χ3v) is 4.84. The highest BCUT2D eigenvalue weighted by atomic mass is 32.2. The van der Waals surface area contributed by atoms with Crippen LogP contribution in [0.5, 0.6) is 0 Å². The smallest absolute Gasteiger partial charge is 0.150 e. The van der Waals surface area contributed by atoms with Crippen molar-refractivity contribution in [2.24, 2.45) is 0 Å². The third kappa shape index (κ3) is 4.09. The van der Waals surface area contributed by atoms with Crippen LogP contribution in [0.1, 0.15) is 26.7 Å². The van der Waals surface area contributed by atoms with E-state index in [0.717, 1.165) is 12.8 Å². The van der Waals surface area contributed by atoms with Gasteiger partial charge in [-0.1, -0.05) is 0 Å². The van der Waals surface area contributed by atoms with E-state index in [4.69, 9.17) is 4.74 Å². The molecule has 1 rings (SSSR count). The third-order valence-electron chi connectivity index (χ3n) is 3.13. The molecule has 0 bridgehead atoms. The first-order valence-electron chi connectivity index (χ1n) is 5.44. The molecular weight excluding hydrogens is 214 g/mol. The van der Waals surface area contributed by atoms with Gasteiger partial charge in [0, 0.05) is 19.2 Å². The number of hydrogen-bond donors (Lipinski definition) is 1. The minimum atomic E-state index is -2.75. The Hall–Kier alpha value is -0.130. The Balaban J connectivity index is 2.35. The monoisotopic (exact) mass is 235 g/mol. The minimum Gasteiger partial charge on any atom is -0.380 e. The molecule has 0 aliphatic carbocycles. The molecule has 2 unspecified atom stereocenters. The molecule has 1 heterocycles. The van der Waals surface area contributed by atoms with E-state index in [2.05, 4.69) is 12.2 Å². The summed E-state index contributed by atoms with van der Waals surface area (Å²) < 4.78 is 27.7. The van der Waals surface area contributed by atoms with Crippen LogP contribution in [0.25, 0.3) is 0 Å². The second kappa shape index (κ2) is 5.27. The zero-order valence-corrected chi connectivity index (χ0v) is 10.5. The Kier molecular flexibility index (Phi) is 4.55. The first-order valence-corrected chi connectivity index (χ1v) is 7.26. The Labute approximate surface area is 92.3 Å². The highest BCUT2D eigenvalue weighted by Gasteiger charge is 2.25. The maximum atomic E-state index is 11.2. The van der Waals surface area contributed by atoms with Gasteiger partial charge in [-0.2, -0.15) is 0 Å². The van der Waals surface area contributed by atoms with Crippen molar-refractivity contribution in [2.75, 3.05) is 18.6 Å². The minimum absolute atomic E-state index is 0.156. The van der Waals surface area contributed by atoms with Crippen molar-refractivity contribution in [1.82, 2.24) is 5.32 Å². The lowest BCUT2D eigenvalue weighted by Crippen LogP contribution is -2.46. The van der Waals surface area contributed by atoms with Crippen LogP contribution in [0.3, 0.4) is 0 Å². The van der Waals surface area contributed by atoms with Crippen molar-refractivity contribution in [1.29, 1.82) is 0 Å². The molecule has 1 N–H and O–H groups in total. The lowest BCUT2D eigenvalue weighted by Gasteiger charge is -2.29. The molecule has 2 atom stereocenters. The summed E-state index contributed by atoms with van der Waals surface area (Å²) in [5, 5.41) is 3.42. The van der Waals surface area contributed by atoms with E-state index in [1.165, 1.54) is 0 Å². The molecule has 0 amide bonds. The van der Waals surface area contributed by atoms with Crippen LogP contribution in [0.4, 0.5) is 0 Å². The van der Waals surface area contributed by atoms with Gasteiger partial charge in [-0.25, -0.2) is 8.42 Å². The standard InChI is InChI=1S/C10H21NO3S/c1-8(9(2)14-3)11-10-4-6-15(12,13)7-5-10/h8-11H,4-7H2,1-3H3. The normalized spacial score (nSPS) is 26.1. The van der Waals surface area contributed by atoms with Crippen LogP contribution in [0.2, 0.25) is 0 Å². The number of methoxy groups -OCH3 is 1. The van der Waals surface area contributed by atoms with Crippen LogP contribution in [0.15, 0.2) is 0 Å². The van der Waals surface area contributed by atoms with E-state index in [-0.39, 0.29) is 12.1 Å². The Morgan fingerprint density at radius 2 is 1.80 bits per heavy atom. The zero-order valence-electron chi connectivity index (χ0n) is 9.69. The highest BCUT2D eigenvalue weighted by molar-refractivity contribution is 7.91. The molecule has 0 aromatic rings. The van der Waals surface area contributed by atoms with Crippen LogP contribution in [-0.2, 0) is 14.6 Å². The molecule has 1 saturated heterocycles. The van der Waals surface area contributed by atoms with Gasteiger partial charge in [-0.15, -0.1) is 0 Å². The van der Waals surface area contributed by atoms with Crippen molar-refractivity contribution < 1.29 is 13.2 Å². The number of hydrogen-bond acceptors (Lipinski definition) is 4. The predicted molar refractivity (Wildman–Crippen MR) is 60.7 cm³/mol. The molecule has 15 heavy (non-hydrogen) atoms. The van der Waals surface area contributed by atoms with Crippen LogP contribution >= 0.6 is 0 Å². The summed E-state index contributed by atoms with van der Waals surface area (Å²) in [4.78, 5) is 0. The molecule has 90 valence electrons. The van der Waals surface area contributed by atoms with E-state index in [9.17, 15) is 8.42 Å². The molecule has 0 aromatic carbocycles. The summed E-state index contributed by atoms with van der Waals surface area (Å²) in [6, 6.07) is 0.585. The van der Waals surface area contributed by atoms with Gasteiger partial charge in [-0.3, -0.25) is 0 Å². The molecule has 0 spiro atoms. The van der Waals surface area contributed by atoms with Gasteiger partial charge in [0.1, 0.15) is 9.84 Å². The average molecular weight is 235 g/mol.